The van der Waals surface area contributed by atoms with E-state index in [9.17, 15) is 0 Å². The summed E-state index contributed by atoms with van der Waals surface area (Å²) in [6.45, 7) is 2.22. The average Bonchev–Trinajstić information content (AvgIpc) is 2.17. The number of hydrogen-bond acceptors (Lipinski definition) is 3. The second kappa shape index (κ2) is 7.95. The summed E-state index contributed by atoms with van der Waals surface area (Å²) in [5.74, 6) is 0.553. The first-order chi connectivity index (χ1) is 4.70. The average molecular weight is 226 g/mol. The summed E-state index contributed by atoms with van der Waals surface area (Å²) in [5.41, 5.74) is 0.317. The van der Waals surface area contributed by atoms with Crippen LogP contribution in [0.15, 0.2) is 4.42 Å². The molecule has 1 aromatic rings. The van der Waals surface area contributed by atoms with Crippen LogP contribution in [-0.4, -0.2) is 24.4 Å². The normalized spacial score (nSPS) is 7.00. The molecule has 0 aliphatic carbocycles. The molecule has 3 radical (unpaired) electrons. The Kier molecular flexibility index (Phi) is 9.71. The molecule has 1 rings (SSSR count). The van der Waals surface area contributed by atoms with Gasteiger partial charge in [0.25, 0.3) is 0 Å². The van der Waals surface area contributed by atoms with Crippen LogP contribution < -0.4 is 5.59 Å². The molecule has 0 aliphatic heterocycles. The summed E-state index contributed by atoms with van der Waals surface area (Å²) in [5, 5.41) is 6.76. The van der Waals surface area contributed by atoms with Crippen molar-refractivity contribution in [3.63, 3.8) is 0 Å². The third-order valence-corrected chi connectivity index (χ3v) is 0.581. The molecule has 0 saturated carbocycles. The van der Waals surface area contributed by atoms with E-state index in [2.05, 4.69) is 15.7 Å². The molecule has 1 N–H and O–H groups in total. The summed E-state index contributed by atoms with van der Waals surface area (Å²) in [6.07, 6.45) is 2.36. The summed E-state index contributed by atoms with van der Waals surface area (Å²) >= 11 is 0. The molecule has 0 aliphatic rings. The summed E-state index contributed by atoms with van der Waals surface area (Å²) in [6, 6.07) is 0. The molecule has 11 heavy (non-hydrogen) atoms. The molecule has 1 heterocycles. The van der Waals surface area contributed by atoms with Crippen LogP contribution in [0.25, 0.3) is 0 Å². The van der Waals surface area contributed by atoms with Gasteiger partial charge in [-0.3, -0.25) is 0 Å². The third-order valence-electron chi connectivity index (χ3n) is 0.581. The maximum Gasteiger partial charge on any atom is 0.114 e. The monoisotopic (exact) mass is 226 g/mol. The Bertz CT molecular complexity index is 187. The van der Waals surface area contributed by atoms with Crippen LogP contribution in [0.3, 0.4) is 0 Å². The minimum Gasteiger partial charge on any atom is -0.665 e. The molecule has 0 fully saturated rings. The van der Waals surface area contributed by atoms with Crippen molar-refractivity contribution in [2.75, 3.05) is 0 Å². The molecular weight excluding hydrogens is 222 g/mol. The summed E-state index contributed by atoms with van der Waals surface area (Å²) in [4.78, 5) is 11.9. The first-order valence-electron chi connectivity index (χ1n) is 2.32. The predicted octanol–water partition coefficient (Wildman–Crippen LogP) is -0.814. The smallest absolute Gasteiger partial charge is 0.114 e. The maximum atomic E-state index is 8.24. The van der Waals surface area contributed by atoms with E-state index < -0.39 is 0 Å². The van der Waals surface area contributed by atoms with Gasteiger partial charge in [-0.1, -0.05) is 25.3 Å². The van der Waals surface area contributed by atoms with E-state index >= 15 is 0 Å². The molecule has 55 valence electrons. The van der Waals surface area contributed by atoms with Crippen molar-refractivity contribution in [2.24, 2.45) is 0 Å². The van der Waals surface area contributed by atoms with Crippen molar-refractivity contribution in [2.45, 2.75) is 6.92 Å². The number of aromatic nitrogens is 1. The second-order valence-electron chi connectivity index (χ2n) is 1.31. The van der Waals surface area contributed by atoms with Crippen molar-refractivity contribution < 1.29 is 47.0 Å². The quantitative estimate of drug-likeness (QED) is 0.463. The van der Waals surface area contributed by atoms with Crippen molar-refractivity contribution in [1.82, 2.24) is 4.98 Å². The summed E-state index contributed by atoms with van der Waals surface area (Å²) < 4.78 is 4.60. The molecular formula is C5H4BNO3Y-2. The third kappa shape index (κ3) is 7.75. The van der Waals surface area contributed by atoms with Crippen LogP contribution in [0.4, 0.5) is 0 Å². The van der Waals surface area contributed by atoms with E-state index in [-0.39, 0.29) is 32.7 Å². The number of nitrogens with zero attached hydrogens (tertiary/aromatic N) is 1. The van der Waals surface area contributed by atoms with Crippen LogP contribution in [-0.2, 0) is 37.5 Å². The van der Waals surface area contributed by atoms with Gasteiger partial charge in [-0.15, -0.1) is 0 Å². The van der Waals surface area contributed by atoms with E-state index in [1.54, 1.807) is 6.92 Å². The number of oxazole rings is 1. The van der Waals surface area contributed by atoms with Gasteiger partial charge >= 0.3 is 0 Å². The minimum absolute atomic E-state index is 0. The van der Waals surface area contributed by atoms with Crippen LogP contribution in [0, 0.1) is 13.2 Å². The first kappa shape index (κ1) is 13.4. The van der Waals surface area contributed by atoms with Crippen molar-refractivity contribution in [3.05, 3.63) is 12.2 Å². The molecule has 0 spiro atoms. The molecule has 0 unspecified atom stereocenters. The fraction of sp³-hybridized carbons (Fsp3) is 0.200. The summed E-state index contributed by atoms with van der Waals surface area (Å²) in [7, 11) is 5.12. The van der Waals surface area contributed by atoms with E-state index in [1.807, 2.05) is 0 Å². The maximum absolute atomic E-state index is 8.24. The zero-order valence-corrected chi connectivity index (χ0v) is 8.70. The molecule has 0 saturated heterocycles. The standard InChI is InChI=1S/C4H3BNO.CHO2.Y/c1-3-6-4(5)2-7-3;2-1-3;/h1H3;(H,2,3);/q2*-1;. The van der Waals surface area contributed by atoms with Crippen molar-refractivity contribution in [1.29, 1.82) is 0 Å². The van der Waals surface area contributed by atoms with Gasteiger partial charge in [-0.05, 0) is 0 Å². The fourth-order valence-corrected chi connectivity index (χ4v) is 0.341. The Morgan fingerprint density at radius 1 is 1.82 bits per heavy atom. The second-order valence-corrected chi connectivity index (χ2v) is 1.31. The zero-order chi connectivity index (χ0) is 7.98. The molecule has 1 aromatic heterocycles. The minimum atomic E-state index is 0. The van der Waals surface area contributed by atoms with Crippen molar-refractivity contribution in [3.8, 4) is 0 Å². The molecule has 4 nitrogen and oxygen atoms in total. The van der Waals surface area contributed by atoms with Crippen LogP contribution in [0.1, 0.15) is 5.89 Å². The zero-order valence-electron chi connectivity index (χ0n) is 5.87. The SMILES string of the molecule is O=[C-]O.[B]c1[c-]oc(C)n1.[Y]. The number of aliphatic hydroxyl groups excluding tert-OH is 1. The van der Waals surface area contributed by atoms with E-state index in [0.717, 1.165) is 0 Å². The van der Waals surface area contributed by atoms with Gasteiger partial charge in [0.15, 0.2) is 0 Å². The number of rotatable bonds is 0. The van der Waals surface area contributed by atoms with Gasteiger partial charge < -0.3 is 19.3 Å². The Balaban J connectivity index is 0. The van der Waals surface area contributed by atoms with Crippen LogP contribution in [0.5, 0.6) is 0 Å². The van der Waals surface area contributed by atoms with E-state index in [0.29, 0.717) is 18.0 Å². The Hall–Kier alpha value is -0.151. The fourth-order valence-electron chi connectivity index (χ4n) is 0.341. The molecule has 0 atom stereocenters. The Labute approximate surface area is 90.7 Å². The van der Waals surface area contributed by atoms with Gasteiger partial charge in [-0.25, -0.2) is 0 Å². The van der Waals surface area contributed by atoms with Gasteiger partial charge in [0.2, 0.25) is 0 Å². The van der Waals surface area contributed by atoms with Crippen LogP contribution >= 0.6 is 0 Å². The van der Waals surface area contributed by atoms with Crippen LogP contribution in [0.2, 0.25) is 0 Å². The van der Waals surface area contributed by atoms with E-state index in [4.69, 9.17) is 17.7 Å². The molecule has 0 bridgehead atoms. The Morgan fingerprint density at radius 3 is 2.36 bits per heavy atom. The largest absolute Gasteiger partial charge is 0.665 e. The van der Waals surface area contributed by atoms with Gasteiger partial charge in [-0.2, -0.15) is 0 Å². The molecule has 0 amide bonds. The molecule has 6 heteroatoms. The van der Waals surface area contributed by atoms with Crippen molar-refractivity contribution >= 4 is 19.9 Å². The predicted molar refractivity (Wildman–Crippen MR) is 33.8 cm³/mol. The van der Waals surface area contributed by atoms with Gasteiger partial charge in [0.05, 0.1) is 0 Å². The number of aryl methyl sites for hydroxylation is 1. The Morgan fingerprint density at radius 2 is 2.27 bits per heavy atom. The first-order valence-corrected chi connectivity index (χ1v) is 2.32. The molecule has 0 aromatic carbocycles. The number of hydrogen-bond donors (Lipinski definition) is 1. The van der Waals surface area contributed by atoms with Gasteiger partial charge in [0, 0.05) is 38.6 Å². The van der Waals surface area contributed by atoms with E-state index in [1.165, 1.54) is 0 Å². The topological polar surface area (TPSA) is 63.3 Å². The van der Waals surface area contributed by atoms with Gasteiger partial charge in [0.1, 0.15) is 7.85 Å².